The van der Waals surface area contributed by atoms with Gasteiger partial charge >= 0.3 is 12.1 Å². The Bertz CT molecular complexity index is 1440. The number of esters is 1. The monoisotopic (exact) mass is 594 g/mol. The largest absolute Gasteiger partial charge is 0.495 e. The number of halogens is 5. The van der Waals surface area contributed by atoms with Crippen LogP contribution in [0.15, 0.2) is 52.8 Å². The number of hydrogen-bond donors (Lipinski definition) is 0. The molecule has 0 amide bonds. The van der Waals surface area contributed by atoms with Gasteiger partial charge in [0.2, 0.25) is 11.1 Å². The molecule has 2 aromatic carbocycles. The topological polar surface area (TPSA) is 57.6 Å². The number of benzene rings is 2. The Hall–Kier alpha value is -3.87. The average Bonchev–Trinajstić information content (AvgIpc) is 3.24. The Kier molecular flexibility index (Phi) is 8.07. The highest BCUT2D eigenvalue weighted by molar-refractivity contribution is 7.08. The molecule has 1 fully saturated rings. The Morgan fingerprint density at radius 1 is 1.02 bits per heavy atom. The third kappa shape index (κ3) is 5.95. The lowest BCUT2D eigenvalue weighted by Crippen LogP contribution is -2.54. The van der Waals surface area contributed by atoms with E-state index in [1.165, 1.54) is 32.4 Å². The molecule has 1 aromatic heterocycles. The number of rotatable bonds is 5. The number of aliphatic imine (C=N–C) groups is 1. The predicted octanol–water partition coefficient (Wildman–Crippen LogP) is 6.03. The molecule has 5 rings (SSSR count). The fourth-order valence-electron chi connectivity index (χ4n) is 5.10. The highest BCUT2D eigenvalue weighted by Crippen LogP contribution is 2.43. The first-order valence-corrected chi connectivity index (χ1v) is 13.7. The molecule has 2 aliphatic heterocycles. The summed E-state index contributed by atoms with van der Waals surface area (Å²) in [4.78, 5) is 22.5. The lowest BCUT2D eigenvalue weighted by atomic mass is 9.96. The minimum atomic E-state index is -4.62. The summed E-state index contributed by atoms with van der Waals surface area (Å²) in [5.41, 5.74) is 0.561. The number of carbonyl (C=O) groups is 1. The molecule has 3 aromatic rings. The first kappa shape index (κ1) is 28.7. The molecule has 1 atom stereocenters. The molecule has 2 aliphatic rings. The van der Waals surface area contributed by atoms with E-state index in [9.17, 15) is 22.4 Å². The molecule has 0 spiro atoms. The highest BCUT2D eigenvalue weighted by atomic mass is 32.1. The van der Waals surface area contributed by atoms with Crippen LogP contribution in [-0.4, -0.2) is 63.8 Å². The number of piperazine rings is 1. The second-order valence-electron chi connectivity index (χ2n) is 9.65. The number of anilines is 2. The van der Waals surface area contributed by atoms with Crippen LogP contribution < -0.4 is 14.5 Å². The number of ether oxygens (including phenoxy) is 2. The van der Waals surface area contributed by atoms with E-state index in [0.29, 0.717) is 31.7 Å². The second-order valence-corrected chi connectivity index (χ2v) is 10.5. The van der Waals surface area contributed by atoms with Crippen LogP contribution in [0.4, 0.5) is 39.0 Å². The van der Waals surface area contributed by atoms with Gasteiger partial charge in [-0.15, -0.1) is 11.3 Å². The van der Waals surface area contributed by atoms with Gasteiger partial charge in [0.25, 0.3) is 0 Å². The molecule has 7 nitrogen and oxygen atoms in total. The van der Waals surface area contributed by atoms with Crippen LogP contribution in [0.2, 0.25) is 0 Å². The number of fused-ring (bicyclic) bond motifs is 1. The molecule has 0 unspecified atom stereocenters. The lowest BCUT2D eigenvalue weighted by Gasteiger charge is -2.41. The second kappa shape index (κ2) is 11.6. The Morgan fingerprint density at radius 3 is 2.34 bits per heavy atom. The van der Waals surface area contributed by atoms with Crippen LogP contribution >= 0.6 is 11.3 Å². The van der Waals surface area contributed by atoms with Crippen molar-refractivity contribution in [3.8, 4) is 5.75 Å². The van der Waals surface area contributed by atoms with E-state index in [2.05, 4.69) is 9.89 Å². The molecule has 0 saturated carbocycles. The third-order valence-electron chi connectivity index (χ3n) is 7.24. The summed E-state index contributed by atoms with van der Waals surface area (Å²) in [5.74, 6) is -1.11. The van der Waals surface area contributed by atoms with E-state index in [1.807, 2.05) is 4.90 Å². The summed E-state index contributed by atoms with van der Waals surface area (Å²) in [6.45, 7) is 1.83. The van der Waals surface area contributed by atoms with Gasteiger partial charge in [-0.05, 0) is 53.4 Å². The van der Waals surface area contributed by atoms with Crippen LogP contribution in [0.25, 0.3) is 0 Å². The fourth-order valence-corrected chi connectivity index (χ4v) is 5.91. The van der Waals surface area contributed by atoms with Gasteiger partial charge in [0.15, 0.2) is 0 Å². The summed E-state index contributed by atoms with van der Waals surface area (Å²) in [6, 6.07) is 9.25. The van der Waals surface area contributed by atoms with Gasteiger partial charge in [-0.25, -0.2) is 9.38 Å². The van der Waals surface area contributed by atoms with Crippen molar-refractivity contribution in [2.24, 2.45) is 4.99 Å². The summed E-state index contributed by atoms with van der Waals surface area (Å²) >= 11 is 0.851. The number of alkyl halides is 3. The molecule has 0 radical (unpaired) electrons. The smallest absolute Gasteiger partial charge is 0.416 e. The van der Waals surface area contributed by atoms with Gasteiger partial charge in [-0.1, -0.05) is 0 Å². The SMILES string of the molecule is COC(=O)C[C@H]1CN(c2cc(C(F)(F)F)ccc2OC)C(N2CCN(c3ccc(F)cc3)CC2)=Nc2c1csc2F. The normalized spacial score (nSPS) is 17.6. The van der Waals surface area contributed by atoms with Crippen molar-refractivity contribution in [3.05, 3.63) is 69.9 Å². The number of hydrogen-bond acceptors (Lipinski definition) is 8. The van der Waals surface area contributed by atoms with Gasteiger partial charge in [0, 0.05) is 44.3 Å². The highest BCUT2D eigenvalue weighted by Gasteiger charge is 2.37. The van der Waals surface area contributed by atoms with Gasteiger partial charge in [0.05, 0.1) is 31.9 Å². The molecule has 0 bridgehead atoms. The lowest BCUT2D eigenvalue weighted by molar-refractivity contribution is -0.141. The van der Waals surface area contributed by atoms with Crippen molar-refractivity contribution in [2.45, 2.75) is 18.5 Å². The first-order chi connectivity index (χ1) is 19.6. The van der Waals surface area contributed by atoms with Crippen molar-refractivity contribution in [1.82, 2.24) is 4.90 Å². The number of guanidine groups is 1. The van der Waals surface area contributed by atoms with Crippen LogP contribution in [0.5, 0.6) is 5.75 Å². The van der Waals surface area contributed by atoms with Crippen molar-refractivity contribution >= 4 is 40.3 Å². The van der Waals surface area contributed by atoms with E-state index in [4.69, 9.17) is 9.47 Å². The van der Waals surface area contributed by atoms with E-state index in [0.717, 1.165) is 29.2 Å². The zero-order chi connectivity index (χ0) is 29.3. The fraction of sp³-hybridized carbons (Fsp3) is 0.357. The van der Waals surface area contributed by atoms with Crippen LogP contribution in [0.3, 0.4) is 0 Å². The molecule has 13 heteroatoms. The van der Waals surface area contributed by atoms with Crippen molar-refractivity contribution in [1.29, 1.82) is 0 Å². The molecule has 41 heavy (non-hydrogen) atoms. The minimum absolute atomic E-state index is 0.0208. The number of carbonyl (C=O) groups excluding carboxylic acids is 1. The maximum Gasteiger partial charge on any atom is 0.416 e. The minimum Gasteiger partial charge on any atom is -0.495 e. The van der Waals surface area contributed by atoms with E-state index in [1.54, 1.807) is 22.4 Å². The summed E-state index contributed by atoms with van der Waals surface area (Å²) < 4.78 is 80.3. The predicted molar refractivity (Wildman–Crippen MR) is 146 cm³/mol. The maximum atomic E-state index is 15.1. The van der Waals surface area contributed by atoms with Crippen LogP contribution in [0.1, 0.15) is 23.5 Å². The Labute approximate surface area is 237 Å². The Balaban J connectivity index is 1.57. The zero-order valence-corrected chi connectivity index (χ0v) is 23.1. The summed E-state index contributed by atoms with van der Waals surface area (Å²) in [6.07, 6.45) is -4.75. The molecule has 0 aliphatic carbocycles. The summed E-state index contributed by atoms with van der Waals surface area (Å²) in [5, 5.41) is 1.02. The third-order valence-corrected chi connectivity index (χ3v) is 8.01. The van der Waals surface area contributed by atoms with Gasteiger partial charge in [-0.2, -0.15) is 17.6 Å². The van der Waals surface area contributed by atoms with Gasteiger partial charge in [0.1, 0.15) is 17.3 Å². The number of thiophene rings is 1. The Morgan fingerprint density at radius 2 is 1.71 bits per heavy atom. The molecular formula is C28H27F5N4O3S. The average molecular weight is 595 g/mol. The number of methoxy groups -OCH3 is 2. The zero-order valence-electron chi connectivity index (χ0n) is 22.3. The molecule has 0 N–H and O–H groups in total. The molecular weight excluding hydrogens is 567 g/mol. The van der Waals surface area contributed by atoms with Crippen LogP contribution in [-0.2, 0) is 15.7 Å². The van der Waals surface area contributed by atoms with Crippen molar-refractivity contribution < 1.29 is 36.2 Å². The van der Waals surface area contributed by atoms with Gasteiger partial charge in [-0.3, -0.25) is 4.79 Å². The number of nitrogens with zero attached hydrogens (tertiary/aromatic N) is 4. The quantitative estimate of drug-likeness (QED) is 0.266. The van der Waals surface area contributed by atoms with Crippen molar-refractivity contribution in [3.63, 3.8) is 0 Å². The van der Waals surface area contributed by atoms with Crippen LogP contribution in [0, 0.1) is 10.9 Å². The first-order valence-electron chi connectivity index (χ1n) is 12.8. The summed E-state index contributed by atoms with van der Waals surface area (Å²) in [7, 11) is 2.59. The van der Waals surface area contributed by atoms with E-state index < -0.39 is 28.8 Å². The molecule has 218 valence electrons. The van der Waals surface area contributed by atoms with E-state index >= 15 is 4.39 Å². The van der Waals surface area contributed by atoms with Crippen molar-refractivity contribution in [2.75, 3.05) is 56.7 Å². The van der Waals surface area contributed by atoms with Gasteiger partial charge < -0.3 is 24.2 Å². The van der Waals surface area contributed by atoms with E-state index in [-0.39, 0.29) is 41.9 Å². The maximum absolute atomic E-state index is 15.1. The molecule has 3 heterocycles. The molecule has 1 saturated heterocycles. The standard InChI is InChI=1S/C28H27F5N4O3S/c1-39-23-8-3-18(28(31,32)33)14-22(23)37-15-17(13-24(38)40-2)21-16-41-26(30)25(21)34-27(37)36-11-9-35(10-12-36)20-6-4-19(29)5-7-20/h3-8,14,16-17H,9-13,15H2,1-2H3/t17-/m0/s1.